The first kappa shape index (κ1) is 15.8. The lowest BCUT2D eigenvalue weighted by Crippen LogP contribution is -2.42. The van der Waals surface area contributed by atoms with Gasteiger partial charge in [0.25, 0.3) is 0 Å². The molecule has 6 heteroatoms. The van der Waals surface area contributed by atoms with Crippen molar-refractivity contribution >= 4 is 34.7 Å². The van der Waals surface area contributed by atoms with Gasteiger partial charge in [0.1, 0.15) is 0 Å². The number of halogens is 2. The molecule has 0 aromatic heterocycles. The Hall–Kier alpha value is -1.07. The number of methoxy groups -OCH3 is 1. The monoisotopic (exact) mass is 341 g/mol. The van der Waals surface area contributed by atoms with Crippen LogP contribution in [-0.4, -0.2) is 48.3 Å². The Balaban J connectivity index is 2.14. The van der Waals surface area contributed by atoms with Gasteiger partial charge in [-0.05, 0) is 43.2 Å². The molecule has 2 heterocycles. The number of ether oxygens (including phenoxy) is 1. The van der Waals surface area contributed by atoms with E-state index in [4.69, 9.17) is 27.9 Å². The van der Waals surface area contributed by atoms with E-state index >= 15 is 0 Å². The number of aliphatic hydroxyl groups is 1. The minimum absolute atomic E-state index is 0.00265. The van der Waals surface area contributed by atoms with Crippen molar-refractivity contribution < 1.29 is 14.6 Å². The van der Waals surface area contributed by atoms with Gasteiger partial charge in [-0.15, -0.1) is 0 Å². The fraction of sp³-hybridized carbons (Fsp3) is 0.438. The maximum absolute atomic E-state index is 12.3. The number of hydrogen-bond acceptors (Lipinski definition) is 4. The van der Waals surface area contributed by atoms with Gasteiger partial charge >= 0.3 is 5.97 Å². The minimum atomic E-state index is -0.449. The van der Waals surface area contributed by atoms with Crippen molar-refractivity contribution in [3.8, 4) is 0 Å². The lowest BCUT2D eigenvalue weighted by molar-refractivity contribution is -0.136. The van der Waals surface area contributed by atoms with Crippen LogP contribution in [0.3, 0.4) is 0 Å². The lowest BCUT2D eigenvalue weighted by atomic mass is 9.88. The predicted octanol–water partition coefficient (Wildman–Crippen LogP) is 2.76. The molecule has 0 spiro atoms. The Kier molecular flexibility index (Phi) is 4.21. The Morgan fingerprint density at radius 3 is 2.73 bits per heavy atom. The average Bonchev–Trinajstić information content (AvgIpc) is 2.68. The van der Waals surface area contributed by atoms with Crippen molar-refractivity contribution in [3.63, 3.8) is 0 Å². The number of hydrogen-bond donors (Lipinski definition) is 1. The van der Waals surface area contributed by atoms with Crippen molar-refractivity contribution in [1.29, 1.82) is 0 Å². The van der Waals surface area contributed by atoms with Crippen LogP contribution in [0.2, 0.25) is 10.0 Å². The zero-order chi connectivity index (χ0) is 16.0. The van der Waals surface area contributed by atoms with Crippen LogP contribution in [-0.2, 0) is 9.53 Å². The summed E-state index contributed by atoms with van der Waals surface area (Å²) in [6, 6.07) is 5.20. The first-order valence-corrected chi connectivity index (χ1v) is 7.86. The molecule has 2 bridgehead atoms. The van der Waals surface area contributed by atoms with Crippen LogP contribution in [0.15, 0.2) is 23.8 Å². The summed E-state index contributed by atoms with van der Waals surface area (Å²) < 4.78 is 4.97. The van der Waals surface area contributed by atoms with Crippen LogP contribution in [0.4, 0.5) is 0 Å². The van der Waals surface area contributed by atoms with Gasteiger partial charge in [-0.2, -0.15) is 0 Å². The smallest absolute Gasteiger partial charge is 0.335 e. The lowest BCUT2D eigenvalue weighted by Gasteiger charge is -2.34. The zero-order valence-electron chi connectivity index (χ0n) is 12.3. The molecule has 1 saturated heterocycles. The predicted molar refractivity (Wildman–Crippen MR) is 86.0 cm³/mol. The fourth-order valence-electron chi connectivity index (χ4n) is 3.50. The van der Waals surface area contributed by atoms with Crippen molar-refractivity contribution in [1.82, 2.24) is 4.90 Å². The summed E-state index contributed by atoms with van der Waals surface area (Å²) in [4.78, 5) is 14.3. The van der Waals surface area contributed by atoms with Crippen LogP contribution < -0.4 is 0 Å². The maximum Gasteiger partial charge on any atom is 0.335 e. The minimum Gasteiger partial charge on any atom is -0.466 e. The highest BCUT2D eigenvalue weighted by atomic mass is 35.5. The van der Waals surface area contributed by atoms with E-state index in [1.165, 1.54) is 7.11 Å². The summed E-state index contributed by atoms with van der Waals surface area (Å²) in [7, 11) is 3.30. The van der Waals surface area contributed by atoms with E-state index in [-0.39, 0.29) is 18.1 Å². The number of rotatable bonds is 2. The van der Waals surface area contributed by atoms with E-state index in [1.807, 2.05) is 13.1 Å². The number of carbonyl (C=O) groups excluding carboxylic acids is 1. The summed E-state index contributed by atoms with van der Waals surface area (Å²) in [5.41, 5.74) is 2.35. The Labute approximate surface area is 139 Å². The molecule has 3 atom stereocenters. The van der Waals surface area contributed by atoms with E-state index in [2.05, 4.69) is 4.90 Å². The fourth-order valence-corrected chi connectivity index (χ4v) is 3.80. The summed E-state index contributed by atoms with van der Waals surface area (Å²) in [6.45, 7) is 0. The van der Waals surface area contributed by atoms with Crippen molar-refractivity contribution in [3.05, 3.63) is 39.4 Å². The van der Waals surface area contributed by atoms with Gasteiger partial charge in [0.2, 0.25) is 0 Å². The topological polar surface area (TPSA) is 49.8 Å². The third kappa shape index (κ3) is 2.44. The zero-order valence-corrected chi connectivity index (χ0v) is 13.9. The summed E-state index contributed by atoms with van der Waals surface area (Å²) >= 11 is 12.1. The van der Waals surface area contributed by atoms with Gasteiger partial charge in [0.05, 0.1) is 28.8 Å². The molecule has 2 unspecified atom stereocenters. The molecule has 1 aromatic rings. The van der Waals surface area contributed by atoms with Crippen molar-refractivity contribution in [2.24, 2.45) is 0 Å². The van der Waals surface area contributed by atoms with Gasteiger partial charge in [0.15, 0.2) is 0 Å². The van der Waals surface area contributed by atoms with Crippen LogP contribution in [0, 0.1) is 0 Å². The molecule has 0 aliphatic carbocycles. The highest BCUT2D eigenvalue weighted by molar-refractivity contribution is 6.42. The summed E-state index contributed by atoms with van der Waals surface area (Å²) in [5.74, 6) is -0.356. The van der Waals surface area contributed by atoms with Gasteiger partial charge in [-0.25, -0.2) is 4.79 Å². The average molecular weight is 342 g/mol. The largest absolute Gasteiger partial charge is 0.466 e. The first-order chi connectivity index (χ1) is 10.4. The van der Waals surface area contributed by atoms with Crippen molar-refractivity contribution in [2.45, 2.75) is 31.0 Å². The van der Waals surface area contributed by atoms with E-state index < -0.39 is 6.10 Å². The summed E-state index contributed by atoms with van der Waals surface area (Å²) in [5, 5.41) is 11.2. The SMILES string of the molecule is COC(=O)C1=C(c2ccc(Cl)c(Cl)c2)CC2[C@H](O)CC1N2C. The Morgan fingerprint density at radius 2 is 2.09 bits per heavy atom. The number of carbonyl (C=O) groups is 1. The third-order valence-electron chi connectivity index (χ3n) is 4.67. The molecule has 0 saturated carbocycles. The molecule has 2 aliphatic rings. The highest BCUT2D eigenvalue weighted by Gasteiger charge is 2.47. The second kappa shape index (κ2) is 5.85. The first-order valence-electron chi connectivity index (χ1n) is 7.10. The standard InChI is InChI=1S/C16H17Cl2NO3/c1-19-12-6-9(8-3-4-10(17)11(18)5-8)15(16(21)22-2)13(19)7-14(12)20/h3-5,12-14,20H,6-7H2,1-2H3/t12?,13?,14-/m1/s1. The van der Waals surface area contributed by atoms with Gasteiger partial charge in [0, 0.05) is 12.1 Å². The number of aliphatic hydroxyl groups excluding tert-OH is 1. The maximum atomic E-state index is 12.3. The van der Waals surface area contributed by atoms with E-state index in [9.17, 15) is 9.90 Å². The molecule has 118 valence electrons. The number of nitrogens with zero attached hydrogens (tertiary/aromatic N) is 1. The summed E-state index contributed by atoms with van der Waals surface area (Å²) in [6.07, 6.45) is 0.669. The molecule has 1 aromatic carbocycles. The molecule has 1 N–H and O–H groups in total. The quantitative estimate of drug-likeness (QED) is 0.840. The number of likely N-dealkylation sites (N-methyl/N-ethyl adjacent to an activating group) is 1. The molecule has 2 aliphatic heterocycles. The molecule has 3 rings (SSSR count). The number of fused-ring (bicyclic) bond motifs is 2. The van der Waals surface area contributed by atoms with Crippen LogP contribution >= 0.6 is 23.2 Å². The molecule has 22 heavy (non-hydrogen) atoms. The molecule has 0 amide bonds. The molecular formula is C16H17Cl2NO3. The van der Waals surface area contributed by atoms with Crippen LogP contribution in [0.1, 0.15) is 18.4 Å². The van der Waals surface area contributed by atoms with Crippen molar-refractivity contribution in [2.75, 3.05) is 14.2 Å². The molecule has 1 fully saturated rings. The van der Waals surface area contributed by atoms with Gasteiger partial charge in [-0.3, -0.25) is 4.90 Å². The second-order valence-electron chi connectivity index (χ2n) is 5.77. The second-order valence-corrected chi connectivity index (χ2v) is 6.58. The third-order valence-corrected chi connectivity index (χ3v) is 5.41. The Bertz CT molecular complexity index is 659. The van der Waals surface area contributed by atoms with Gasteiger partial charge in [-0.1, -0.05) is 29.3 Å². The molecule has 0 radical (unpaired) electrons. The van der Waals surface area contributed by atoms with Crippen LogP contribution in [0.25, 0.3) is 5.57 Å². The van der Waals surface area contributed by atoms with Crippen LogP contribution in [0.5, 0.6) is 0 Å². The normalized spacial score (nSPS) is 28.1. The molecular weight excluding hydrogens is 325 g/mol. The number of esters is 1. The molecule has 4 nitrogen and oxygen atoms in total. The number of benzene rings is 1. The highest BCUT2D eigenvalue weighted by Crippen LogP contribution is 2.43. The Morgan fingerprint density at radius 1 is 1.36 bits per heavy atom. The van der Waals surface area contributed by atoms with Gasteiger partial charge < -0.3 is 9.84 Å². The van der Waals surface area contributed by atoms with E-state index in [0.717, 1.165) is 11.1 Å². The van der Waals surface area contributed by atoms with E-state index in [1.54, 1.807) is 12.1 Å². The van der Waals surface area contributed by atoms with E-state index in [0.29, 0.717) is 28.5 Å².